The van der Waals surface area contributed by atoms with Crippen LogP contribution in [0, 0.1) is 20.8 Å². The standard InChI is InChI=1S/C17H20N6O4S/c1-8-5-6-12(7-9(8)2)19-15(26)16(27)22-21-14(25)13-10(3)18-17(28-13)23-20-11(4)24/h5-7H,1-4H3,(H,18,23)(H,19,26)(H,20,24)(H,21,25)(H,22,27). The van der Waals surface area contributed by atoms with Crippen LogP contribution in [0.25, 0.3) is 0 Å². The van der Waals surface area contributed by atoms with Gasteiger partial charge in [-0.25, -0.2) is 4.98 Å². The highest BCUT2D eigenvalue weighted by atomic mass is 32.1. The summed E-state index contributed by atoms with van der Waals surface area (Å²) in [6.45, 7) is 6.73. The summed E-state index contributed by atoms with van der Waals surface area (Å²) in [5.41, 5.74) is 12.0. The van der Waals surface area contributed by atoms with Gasteiger partial charge in [0.15, 0.2) is 0 Å². The van der Waals surface area contributed by atoms with E-state index in [2.05, 4.69) is 32.0 Å². The quantitative estimate of drug-likeness (QED) is 0.379. The molecule has 0 aliphatic rings. The Hall–Kier alpha value is -3.47. The van der Waals surface area contributed by atoms with Crippen molar-refractivity contribution in [3.05, 3.63) is 39.9 Å². The van der Waals surface area contributed by atoms with E-state index >= 15 is 0 Å². The first-order valence-corrected chi connectivity index (χ1v) is 8.98. The van der Waals surface area contributed by atoms with Crippen molar-refractivity contribution < 1.29 is 19.2 Å². The number of aromatic nitrogens is 1. The second-order valence-corrected chi connectivity index (χ2v) is 6.90. The lowest BCUT2D eigenvalue weighted by atomic mass is 10.1. The first-order chi connectivity index (χ1) is 13.2. The molecule has 5 N–H and O–H groups in total. The minimum Gasteiger partial charge on any atom is -0.318 e. The van der Waals surface area contributed by atoms with E-state index in [1.165, 1.54) is 6.92 Å². The Kier molecular flexibility index (Phi) is 6.66. The third-order valence-corrected chi connectivity index (χ3v) is 4.68. The van der Waals surface area contributed by atoms with Gasteiger partial charge in [-0.3, -0.25) is 40.9 Å². The third-order valence-electron chi connectivity index (χ3n) is 3.61. The zero-order chi connectivity index (χ0) is 20.8. The molecule has 10 nitrogen and oxygen atoms in total. The number of aryl methyl sites for hydroxylation is 3. The zero-order valence-electron chi connectivity index (χ0n) is 15.7. The molecule has 0 aliphatic carbocycles. The van der Waals surface area contributed by atoms with E-state index in [9.17, 15) is 19.2 Å². The average molecular weight is 404 g/mol. The summed E-state index contributed by atoms with van der Waals surface area (Å²) in [4.78, 5) is 51.2. The first-order valence-electron chi connectivity index (χ1n) is 8.16. The molecule has 0 bridgehead atoms. The zero-order valence-corrected chi connectivity index (χ0v) is 16.5. The molecule has 2 aromatic rings. The van der Waals surface area contributed by atoms with Crippen LogP contribution in [-0.4, -0.2) is 28.6 Å². The van der Waals surface area contributed by atoms with Crippen molar-refractivity contribution in [3.8, 4) is 0 Å². The van der Waals surface area contributed by atoms with Crippen LogP contribution in [0.5, 0.6) is 0 Å². The van der Waals surface area contributed by atoms with E-state index in [1.54, 1.807) is 19.1 Å². The van der Waals surface area contributed by atoms with Crippen molar-refractivity contribution in [2.45, 2.75) is 27.7 Å². The predicted octanol–water partition coefficient (Wildman–Crippen LogP) is 0.931. The van der Waals surface area contributed by atoms with Crippen LogP contribution in [0.4, 0.5) is 10.8 Å². The van der Waals surface area contributed by atoms with E-state index in [-0.39, 0.29) is 10.8 Å². The Labute approximate surface area is 165 Å². The van der Waals surface area contributed by atoms with Crippen LogP contribution < -0.4 is 27.0 Å². The second-order valence-electron chi connectivity index (χ2n) is 5.90. The largest absolute Gasteiger partial charge is 0.328 e. The highest BCUT2D eigenvalue weighted by Crippen LogP contribution is 2.21. The summed E-state index contributed by atoms with van der Waals surface area (Å²) in [6.07, 6.45) is 0. The summed E-state index contributed by atoms with van der Waals surface area (Å²) < 4.78 is 0. The Morgan fingerprint density at radius 2 is 1.64 bits per heavy atom. The van der Waals surface area contributed by atoms with Crippen molar-refractivity contribution in [1.29, 1.82) is 0 Å². The molecule has 0 aliphatic heterocycles. The molecule has 148 valence electrons. The molecule has 0 saturated heterocycles. The van der Waals surface area contributed by atoms with Crippen LogP contribution in [0.1, 0.15) is 33.4 Å². The normalized spacial score (nSPS) is 10.0. The number of carbonyl (C=O) groups is 4. The molecular formula is C17H20N6O4S. The smallest absolute Gasteiger partial charge is 0.318 e. The van der Waals surface area contributed by atoms with Gasteiger partial charge < -0.3 is 5.32 Å². The number of hydrogen-bond donors (Lipinski definition) is 5. The van der Waals surface area contributed by atoms with E-state index < -0.39 is 17.7 Å². The Morgan fingerprint density at radius 1 is 0.929 bits per heavy atom. The molecule has 1 aromatic carbocycles. The number of anilines is 2. The van der Waals surface area contributed by atoms with Crippen molar-refractivity contribution in [1.82, 2.24) is 21.3 Å². The van der Waals surface area contributed by atoms with Crippen LogP contribution in [-0.2, 0) is 14.4 Å². The van der Waals surface area contributed by atoms with Gasteiger partial charge in [0.2, 0.25) is 11.0 Å². The molecule has 4 amide bonds. The Balaban J connectivity index is 1.91. The molecule has 0 fully saturated rings. The fraction of sp³-hybridized carbons (Fsp3) is 0.235. The molecule has 28 heavy (non-hydrogen) atoms. The summed E-state index contributed by atoms with van der Waals surface area (Å²) in [6, 6.07) is 5.24. The fourth-order valence-electron chi connectivity index (χ4n) is 2.04. The average Bonchev–Trinajstić information content (AvgIpc) is 3.01. The molecule has 0 saturated carbocycles. The fourth-order valence-corrected chi connectivity index (χ4v) is 2.85. The van der Waals surface area contributed by atoms with Crippen LogP contribution in [0.15, 0.2) is 18.2 Å². The van der Waals surface area contributed by atoms with Gasteiger partial charge >= 0.3 is 11.8 Å². The maximum absolute atomic E-state index is 12.2. The predicted molar refractivity (Wildman–Crippen MR) is 104 cm³/mol. The number of hydrogen-bond acceptors (Lipinski definition) is 7. The summed E-state index contributed by atoms with van der Waals surface area (Å²) in [5.74, 6) is -2.90. The molecule has 1 aromatic heterocycles. The van der Waals surface area contributed by atoms with Gasteiger partial charge in [0.1, 0.15) is 4.88 Å². The second kappa shape index (κ2) is 8.95. The van der Waals surface area contributed by atoms with Gasteiger partial charge in [-0.15, -0.1) is 0 Å². The molecule has 0 atom stereocenters. The molecule has 2 rings (SSSR count). The van der Waals surface area contributed by atoms with E-state index in [0.717, 1.165) is 22.5 Å². The van der Waals surface area contributed by atoms with Gasteiger partial charge in [-0.2, -0.15) is 0 Å². The van der Waals surface area contributed by atoms with Gasteiger partial charge in [0.25, 0.3) is 5.91 Å². The van der Waals surface area contributed by atoms with Crippen molar-refractivity contribution >= 4 is 45.8 Å². The molecular weight excluding hydrogens is 384 g/mol. The SMILES string of the molecule is CC(=O)NNc1nc(C)c(C(=O)NNC(=O)C(=O)Nc2ccc(C)c(C)c2)s1. The number of hydrazine groups is 2. The summed E-state index contributed by atoms with van der Waals surface area (Å²) in [7, 11) is 0. The van der Waals surface area contributed by atoms with Crippen LogP contribution >= 0.6 is 11.3 Å². The number of carbonyl (C=O) groups excluding carboxylic acids is 4. The first kappa shape index (κ1) is 20.8. The highest BCUT2D eigenvalue weighted by molar-refractivity contribution is 7.17. The topological polar surface area (TPSA) is 141 Å². The number of thiazole rings is 1. The minimum absolute atomic E-state index is 0.211. The lowest BCUT2D eigenvalue weighted by molar-refractivity contribution is -0.136. The molecule has 1 heterocycles. The lowest BCUT2D eigenvalue weighted by Gasteiger charge is -2.09. The number of nitrogens with zero attached hydrogens (tertiary/aromatic N) is 1. The summed E-state index contributed by atoms with van der Waals surface area (Å²) in [5, 5.41) is 2.76. The van der Waals surface area contributed by atoms with Crippen LogP contribution in [0.2, 0.25) is 0 Å². The molecule has 0 spiro atoms. The van der Waals surface area contributed by atoms with E-state index in [4.69, 9.17) is 0 Å². The maximum Gasteiger partial charge on any atom is 0.328 e. The van der Waals surface area contributed by atoms with Crippen molar-refractivity contribution in [3.63, 3.8) is 0 Å². The van der Waals surface area contributed by atoms with Gasteiger partial charge in [0.05, 0.1) is 5.69 Å². The number of rotatable bonds is 4. The molecule has 0 unspecified atom stereocenters. The Morgan fingerprint density at radius 3 is 2.29 bits per heavy atom. The minimum atomic E-state index is -1.02. The van der Waals surface area contributed by atoms with Crippen LogP contribution in [0.3, 0.4) is 0 Å². The van der Waals surface area contributed by atoms with Gasteiger partial charge in [0, 0.05) is 12.6 Å². The monoisotopic (exact) mass is 404 g/mol. The molecule has 11 heteroatoms. The van der Waals surface area contributed by atoms with E-state index in [0.29, 0.717) is 16.5 Å². The Bertz CT molecular complexity index is 940. The van der Waals surface area contributed by atoms with Crippen molar-refractivity contribution in [2.24, 2.45) is 0 Å². The van der Waals surface area contributed by atoms with Gasteiger partial charge in [-0.05, 0) is 44.0 Å². The number of nitrogens with one attached hydrogen (secondary N) is 5. The number of benzene rings is 1. The van der Waals surface area contributed by atoms with E-state index in [1.807, 2.05) is 19.9 Å². The highest BCUT2D eigenvalue weighted by Gasteiger charge is 2.19. The van der Waals surface area contributed by atoms with Gasteiger partial charge in [-0.1, -0.05) is 17.4 Å². The number of amides is 4. The third kappa shape index (κ3) is 5.51. The summed E-state index contributed by atoms with van der Waals surface area (Å²) >= 11 is 0.974. The molecule has 0 radical (unpaired) electrons. The van der Waals surface area contributed by atoms with Crippen molar-refractivity contribution in [2.75, 3.05) is 10.7 Å². The lowest BCUT2D eigenvalue weighted by Crippen LogP contribution is -2.46. The maximum atomic E-state index is 12.2.